The number of hydrogen-bond acceptors (Lipinski definition) is 3. The van der Waals surface area contributed by atoms with E-state index < -0.39 is 0 Å². The minimum absolute atomic E-state index is 0.107. The lowest BCUT2D eigenvalue weighted by Crippen LogP contribution is -2.20. The van der Waals surface area contributed by atoms with E-state index in [2.05, 4.69) is 37.2 Å². The molecule has 2 aromatic rings. The van der Waals surface area contributed by atoms with Crippen molar-refractivity contribution in [3.63, 3.8) is 0 Å². The molecule has 0 aromatic heterocycles. The molecule has 0 heterocycles. The van der Waals surface area contributed by atoms with E-state index in [-0.39, 0.29) is 12.5 Å². The molecule has 116 valence electrons. The van der Waals surface area contributed by atoms with E-state index in [1.165, 1.54) is 7.11 Å². The average Bonchev–Trinajstić information content (AvgIpc) is 2.46. The van der Waals surface area contributed by atoms with E-state index in [0.29, 0.717) is 22.2 Å². The van der Waals surface area contributed by atoms with Crippen LogP contribution in [0.4, 0.5) is 5.69 Å². The third kappa shape index (κ3) is 4.63. The van der Waals surface area contributed by atoms with Gasteiger partial charge in [0, 0.05) is 10.2 Å². The molecule has 2 rings (SSSR count). The topological polar surface area (TPSA) is 47.6 Å². The first kappa shape index (κ1) is 17.1. The lowest BCUT2D eigenvalue weighted by molar-refractivity contribution is -0.118. The first-order chi connectivity index (χ1) is 10.5. The predicted octanol–water partition coefficient (Wildman–Crippen LogP) is 4.89. The van der Waals surface area contributed by atoms with E-state index >= 15 is 0 Å². The van der Waals surface area contributed by atoms with Crippen LogP contribution in [0, 0.1) is 0 Å². The smallest absolute Gasteiger partial charge is 0.262 e. The summed E-state index contributed by atoms with van der Waals surface area (Å²) >= 11 is 12.7. The number of amides is 1. The fourth-order valence-corrected chi connectivity index (χ4v) is 3.10. The van der Waals surface area contributed by atoms with E-state index in [4.69, 9.17) is 21.1 Å². The zero-order chi connectivity index (χ0) is 16.1. The van der Waals surface area contributed by atoms with Crippen LogP contribution >= 0.6 is 43.5 Å². The fourth-order valence-electron chi connectivity index (χ4n) is 1.68. The Balaban J connectivity index is 1.94. The summed E-state index contributed by atoms with van der Waals surface area (Å²) in [5.74, 6) is 0.858. The third-order valence-electron chi connectivity index (χ3n) is 2.69. The van der Waals surface area contributed by atoms with Gasteiger partial charge in [0.1, 0.15) is 11.5 Å². The van der Waals surface area contributed by atoms with Gasteiger partial charge in [-0.25, -0.2) is 0 Å². The summed E-state index contributed by atoms with van der Waals surface area (Å²) in [7, 11) is 1.53. The van der Waals surface area contributed by atoms with Crippen LogP contribution in [0.2, 0.25) is 5.02 Å². The second-order valence-corrected chi connectivity index (χ2v) is 6.44. The van der Waals surface area contributed by atoms with Crippen molar-refractivity contribution in [2.75, 3.05) is 19.0 Å². The van der Waals surface area contributed by atoms with Crippen LogP contribution in [-0.4, -0.2) is 19.6 Å². The molecule has 0 aliphatic carbocycles. The molecule has 0 atom stereocenters. The SMILES string of the molecule is COc1ccc(NC(=O)COc2ccc(Br)cc2Br)cc1Cl. The molecular formula is C15H12Br2ClNO3. The Hall–Kier alpha value is -1.24. The normalized spacial score (nSPS) is 10.2. The maximum absolute atomic E-state index is 11.9. The van der Waals surface area contributed by atoms with Gasteiger partial charge in [-0.05, 0) is 52.3 Å². The van der Waals surface area contributed by atoms with Gasteiger partial charge < -0.3 is 14.8 Å². The molecule has 1 amide bonds. The van der Waals surface area contributed by atoms with Gasteiger partial charge in [0.25, 0.3) is 5.91 Å². The summed E-state index contributed by atoms with van der Waals surface area (Å²) < 4.78 is 12.2. The second-order valence-electron chi connectivity index (χ2n) is 4.26. The van der Waals surface area contributed by atoms with E-state index in [0.717, 1.165) is 8.95 Å². The Kier molecular flexibility index (Phi) is 6.11. The molecule has 0 radical (unpaired) electrons. The summed E-state index contributed by atoms with van der Waals surface area (Å²) in [6, 6.07) is 10.5. The third-order valence-corrected chi connectivity index (χ3v) is 4.10. The van der Waals surface area contributed by atoms with Crippen LogP contribution < -0.4 is 14.8 Å². The molecule has 1 N–H and O–H groups in total. The molecule has 0 bridgehead atoms. The van der Waals surface area contributed by atoms with Crippen molar-refractivity contribution >= 4 is 55.1 Å². The molecule has 4 nitrogen and oxygen atoms in total. The second kappa shape index (κ2) is 7.85. The van der Waals surface area contributed by atoms with Crippen LogP contribution in [-0.2, 0) is 4.79 Å². The van der Waals surface area contributed by atoms with Gasteiger partial charge in [0.2, 0.25) is 0 Å². The maximum atomic E-state index is 11.9. The molecule has 2 aromatic carbocycles. The molecule has 0 fully saturated rings. The van der Waals surface area contributed by atoms with Crippen LogP contribution in [0.1, 0.15) is 0 Å². The monoisotopic (exact) mass is 447 g/mol. The van der Waals surface area contributed by atoms with Gasteiger partial charge >= 0.3 is 0 Å². The van der Waals surface area contributed by atoms with Crippen LogP contribution in [0.25, 0.3) is 0 Å². The Morgan fingerprint density at radius 3 is 2.55 bits per heavy atom. The number of benzene rings is 2. The highest BCUT2D eigenvalue weighted by atomic mass is 79.9. The van der Waals surface area contributed by atoms with Gasteiger partial charge in [-0.15, -0.1) is 0 Å². The number of rotatable bonds is 5. The van der Waals surface area contributed by atoms with Gasteiger partial charge in [-0.3, -0.25) is 4.79 Å². The number of ether oxygens (including phenoxy) is 2. The Morgan fingerprint density at radius 2 is 1.91 bits per heavy atom. The number of halogens is 3. The van der Waals surface area contributed by atoms with Gasteiger partial charge in [-0.1, -0.05) is 27.5 Å². The van der Waals surface area contributed by atoms with E-state index in [9.17, 15) is 4.79 Å². The van der Waals surface area contributed by atoms with Crippen molar-refractivity contribution < 1.29 is 14.3 Å². The van der Waals surface area contributed by atoms with Gasteiger partial charge in [0.15, 0.2) is 6.61 Å². The summed E-state index contributed by atoms with van der Waals surface area (Å²) in [6.45, 7) is -0.107. The molecule has 0 unspecified atom stereocenters. The standard InChI is InChI=1S/C15H12Br2ClNO3/c1-21-14-5-3-10(7-12(14)18)19-15(20)8-22-13-4-2-9(16)6-11(13)17/h2-7H,8H2,1H3,(H,19,20). The largest absolute Gasteiger partial charge is 0.495 e. The Morgan fingerprint density at radius 1 is 1.18 bits per heavy atom. The molecule has 0 saturated carbocycles. The number of carbonyl (C=O) groups excluding carboxylic acids is 1. The highest BCUT2D eigenvalue weighted by molar-refractivity contribution is 9.11. The molecule has 7 heteroatoms. The number of methoxy groups -OCH3 is 1. The van der Waals surface area contributed by atoms with Gasteiger partial charge in [0.05, 0.1) is 16.6 Å². The predicted molar refractivity (Wildman–Crippen MR) is 94.0 cm³/mol. The zero-order valence-electron chi connectivity index (χ0n) is 11.5. The van der Waals surface area contributed by atoms with Crippen LogP contribution in [0.5, 0.6) is 11.5 Å². The van der Waals surface area contributed by atoms with Crippen LogP contribution in [0.15, 0.2) is 45.3 Å². The Labute approximate surface area is 150 Å². The van der Waals surface area contributed by atoms with Crippen molar-refractivity contribution in [3.8, 4) is 11.5 Å². The van der Waals surface area contributed by atoms with Crippen molar-refractivity contribution in [1.82, 2.24) is 0 Å². The quantitative estimate of drug-likeness (QED) is 0.707. The molecule has 0 aliphatic rings. The lowest BCUT2D eigenvalue weighted by Gasteiger charge is -2.10. The zero-order valence-corrected chi connectivity index (χ0v) is 15.5. The minimum atomic E-state index is -0.281. The minimum Gasteiger partial charge on any atom is -0.495 e. The fraction of sp³-hybridized carbons (Fsp3) is 0.133. The summed E-state index contributed by atoms with van der Waals surface area (Å²) in [4.78, 5) is 11.9. The molecule has 0 aliphatic heterocycles. The van der Waals surface area contributed by atoms with E-state index in [1.807, 2.05) is 12.1 Å². The van der Waals surface area contributed by atoms with Crippen molar-refractivity contribution in [2.45, 2.75) is 0 Å². The average molecular weight is 450 g/mol. The van der Waals surface area contributed by atoms with Crippen LogP contribution in [0.3, 0.4) is 0 Å². The van der Waals surface area contributed by atoms with Gasteiger partial charge in [-0.2, -0.15) is 0 Å². The summed E-state index contributed by atoms with van der Waals surface area (Å²) in [5.41, 5.74) is 0.578. The van der Waals surface area contributed by atoms with Crippen molar-refractivity contribution in [2.24, 2.45) is 0 Å². The lowest BCUT2D eigenvalue weighted by atomic mass is 10.3. The van der Waals surface area contributed by atoms with Crippen molar-refractivity contribution in [3.05, 3.63) is 50.4 Å². The maximum Gasteiger partial charge on any atom is 0.262 e. The first-order valence-electron chi connectivity index (χ1n) is 6.21. The summed E-state index contributed by atoms with van der Waals surface area (Å²) in [6.07, 6.45) is 0. The number of hydrogen-bond donors (Lipinski definition) is 1. The number of carbonyl (C=O) groups is 1. The highest BCUT2D eigenvalue weighted by Crippen LogP contribution is 2.29. The first-order valence-corrected chi connectivity index (χ1v) is 8.17. The molecular weight excluding hydrogens is 437 g/mol. The summed E-state index contributed by atoms with van der Waals surface area (Å²) in [5, 5.41) is 3.13. The van der Waals surface area contributed by atoms with E-state index in [1.54, 1.807) is 24.3 Å². The number of nitrogens with one attached hydrogen (secondary N) is 1. The number of anilines is 1. The molecule has 22 heavy (non-hydrogen) atoms. The molecule has 0 spiro atoms. The van der Waals surface area contributed by atoms with Crippen molar-refractivity contribution in [1.29, 1.82) is 0 Å². The molecule has 0 saturated heterocycles. The Bertz CT molecular complexity index is 694. The highest BCUT2D eigenvalue weighted by Gasteiger charge is 2.08.